The van der Waals surface area contributed by atoms with Gasteiger partial charge in [-0.05, 0) is 54.8 Å². The van der Waals surface area contributed by atoms with E-state index in [9.17, 15) is 15.0 Å². The molecule has 34 heavy (non-hydrogen) atoms. The number of hydrogen-bond acceptors (Lipinski definition) is 4. The molecular formula is C28H30N2O4. The van der Waals surface area contributed by atoms with E-state index >= 15 is 0 Å². The third-order valence-corrected chi connectivity index (χ3v) is 5.80. The molecule has 0 saturated carbocycles. The van der Waals surface area contributed by atoms with Crippen molar-refractivity contribution in [2.75, 3.05) is 13.2 Å². The Kier molecular flexibility index (Phi) is 7.62. The highest BCUT2D eigenvalue weighted by Crippen LogP contribution is 2.24. The smallest absolute Gasteiger partial charge is 0.352 e. The van der Waals surface area contributed by atoms with E-state index in [2.05, 4.69) is 18.3 Å². The van der Waals surface area contributed by atoms with Gasteiger partial charge in [-0.3, -0.25) is 0 Å². The van der Waals surface area contributed by atoms with Crippen molar-refractivity contribution in [3.63, 3.8) is 0 Å². The number of aliphatic hydroxyl groups is 1. The number of nitrogens with one attached hydrogen (secondary N) is 1. The highest BCUT2D eigenvalue weighted by Gasteiger charge is 2.16. The minimum atomic E-state index is -0.935. The van der Waals surface area contributed by atoms with Crippen molar-refractivity contribution in [3.8, 4) is 5.75 Å². The average Bonchev–Trinajstić information content (AvgIpc) is 3.20. The van der Waals surface area contributed by atoms with Crippen LogP contribution < -0.4 is 10.1 Å². The standard InChI is InChI=1S/C28H30N2O4/c1-20(29-17-24(31)19-34-25-10-6-3-7-11-25)14-22-12-13-26-23(15-22)16-27(28(32)33)30(26)18-21-8-4-2-5-9-21/h2-13,15-16,20,24,29,31H,14,17-19H2,1H3,(H,32,33)/t20?,24-/m1/s1. The number of hydrogen-bond donors (Lipinski definition) is 3. The number of para-hydroxylation sites is 1. The second kappa shape index (κ2) is 11.0. The zero-order valence-corrected chi connectivity index (χ0v) is 19.2. The van der Waals surface area contributed by atoms with Gasteiger partial charge < -0.3 is 24.8 Å². The molecule has 0 spiro atoms. The number of aromatic nitrogens is 1. The maximum absolute atomic E-state index is 11.9. The van der Waals surface area contributed by atoms with Crippen LogP contribution in [0.4, 0.5) is 0 Å². The molecule has 0 aliphatic heterocycles. The fourth-order valence-electron chi connectivity index (χ4n) is 4.09. The summed E-state index contributed by atoms with van der Waals surface area (Å²) >= 11 is 0. The topological polar surface area (TPSA) is 83.7 Å². The maximum atomic E-state index is 11.9. The lowest BCUT2D eigenvalue weighted by molar-refractivity contribution is 0.0686. The minimum Gasteiger partial charge on any atom is -0.491 e. The predicted octanol–water partition coefficient (Wildman–Crippen LogP) is 4.35. The molecule has 0 radical (unpaired) electrons. The molecule has 176 valence electrons. The molecule has 4 rings (SSSR count). The molecule has 0 aliphatic carbocycles. The Hall–Kier alpha value is -3.61. The molecule has 0 saturated heterocycles. The van der Waals surface area contributed by atoms with E-state index in [1.807, 2.05) is 77.4 Å². The van der Waals surface area contributed by atoms with Gasteiger partial charge in [-0.2, -0.15) is 0 Å². The lowest BCUT2D eigenvalue weighted by Crippen LogP contribution is -2.37. The van der Waals surface area contributed by atoms with Gasteiger partial charge in [-0.1, -0.05) is 54.6 Å². The van der Waals surface area contributed by atoms with E-state index < -0.39 is 12.1 Å². The number of carboxylic acid groups (broad SMARTS) is 1. The molecule has 1 heterocycles. The van der Waals surface area contributed by atoms with Crippen molar-refractivity contribution in [1.29, 1.82) is 0 Å². The molecule has 2 atom stereocenters. The number of carboxylic acids is 1. The molecule has 0 amide bonds. The fraction of sp³-hybridized carbons (Fsp3) is 0.250. The predicted molar refractivity (Wildman–Crippen MR) is 134 cm³/mol. The van der Waals surface area contributed by atoms with Crippen molar-refractivity contribution >= 4 is 16.9 Å². The Morgan fingerprint density at radius 1 is 0.971 bits per heavy atom. The Balaban J connectivity index is 1.38. The zero-order chi connectivity index (χ0) is 23.9. The van der Waals surface area contributed by atoms with Crippen molar-refractivity contribution in [2.45, 2.75) is 32.0 Å². The van der Waals surface area contributed by atoms with Gasteiger partial charge in [0.25, 0.3) is 0 Å². The zero-order valence-electron chi connectivity index (χ0n) is 19.2. The lowest BCUT2D eigenvalue weighted by atomic mass is 10.0. The SMILES string of the molecule is CC(Cc1ccc2c(c1)cc(C(=O)O)n2Cc1ccccc1)NC[C@@H](O)COc1ccccc1. The van der Waals surface area contributed by atoms with Crippen LogP contribution in [0.2, 0.25) is 0 Å². The van der Waals surface area contributed by atoms with E-state index in [1.54, 1.807) is 6.07 Å². The molecule has 6 nitrogen and oxygen atoms in total. The van der Waals surface area contributed by atoms with Crippen LogP contribution >= 0.6 is 0 Å². The first-order valence-electron chi connectivity index (χ1n) is 11.5. The van der Waals surface area contributed by atoms with Crippen LogP contribution in [0, 0.1) is 0 Å². The second-order valence-electron chi connectivity index (χ2n) is 8.59. The number of benzene rings is 3. The largest absolute Gasteiger partial charge is 0.491 e. The third kappa shape index (κ3) is 6.04. The van der Waals surface area contributed by atoms with Crippen LogP contribution in [0.5, 0.6) is 5.75 Å². The Morgan fingerprint density at radius 2 is 1.68 bits per heavy atom. The third-order valence-electron chi connectivity index (χ3n) is 5.80. The summed E-state index contributed by atoms with van der Waals surface area (Å²) in [5, 5.41) is 24.2. The first-order chi connectivity index (χ1) is 16.5. The van der Waals surface area contributed by atoms with Crippen molar-refractivity contribution < 1.29 is 19.7 Å². The fourth-order valence-corrected chi connectivity index (χ4v) is 4.09. The first-order valence-corrected chi connectivity index (χ1v) is 11.5. The van der Waals surface area contributed by atoms with Gasteiger partial charge in [-0.25, -0.2) is 4.79 Å². The lowest BCUT2D eigenvalue weighted by Gasteiger charge is -2.18. The Bertz CT molecular complexity index is 1220. The van der Waals surface area contributed by atoms with Gasteiger partial charge in [-0.15, -0.1) is 0 Å². The normalized spacial score (nSPS) is 13.0. The summed E-state index contributed by atoms with van der Waals surface area (Å²) in [6.45, 7) is 3.22. The summed E-state index contributed by atoms with van der Waals surface area (Å²) in [6.07, 6.45) is 0.143. The van der Waals surface area contributed by atoms with E-state index in [0.717, 1.165) is 34.2 Å². The van der Waals surface area contributed by atoms with Crippen LogP contribution in [0.1, 0.15) is 28.5 Å². The molecule has 1 unspecified atom stereocenters. The highest BCUT2D eigenvalue weighted by molar-refractivity contribution is 5.95. The molecule has 3 N–H and O–H groups in total. The second-order valence-corrected chi connectivity index (χ2v) is 8.59. The first kappa shape index (κ1) is 23.5. The summed E-state index contributed by atoms with van der Waals surface area (Å²) < 4.78 is 7.45. The van der Waals surface area contributed by atoms with Crippen LogP contribution in [0.15, 0.2) is 84.9 Å². The molecule has 6 heteroatoms. The van der Waals surface area contributed by atoms with Crippen LogP contribution in [-0.2, 0) is 13.0 Å². The Morgan fingerprint density at radius 3 is 2.38 bits per heavy atom. The molecule has 0 bridgehead atoms. The number of rotatable bonds is 11. The Labute approximate surface area is 199 Å². The highest BCUT2D eigenvalue weighted by atomic mass is 16.5. The number of nitrogens with zero attached hydrogens (tertiary/aromatic N) is 1. The number of aliphatic hydroxyl groups excluding tert-OH is 1. The van der Waals surface area contributed by atoms with E-state index in [4.69, 9.17) is 4.74 Å². The van der Waals surface area contributed by atoms with E-state index in [-0.39, 0.29) is 18.3 Å². The van der Waals surface area contributed by atoms with Crippen LogP contribution in [-0.4, -0.2) is 46.0 Å². The van der Waals surface area contributed by atoms with Gasteiger partial charge in [0.1, 0.15) is 24.2 Å². The molecular weight excluding hydrogens is 428 g/mol. The van der Waals surface area contributed by atoms with Crippen LogP contribution in [0.3, 0.4) is 0 Å². The number of ether oxygens (including phenoxy) is 1. The van der Waals surface area contributed by atoms with Crippen LogP contribution in [0.25, 0.3) is 10.9 Å². The molecule has 3 aromatic carbocycles. The quantitative estimate of drug-likeness (QED) is 0.311. The average molecular weight is 459 g/mol. The summed E-state index contributed by atoms with van der Waals surface area (Å²) in [4.78, 5) is 11.9. The maximum Gasteiger partial charge on any atom is 0.352 e. The van der Waals surface area contributed by atoms with Crippen molar-refractivity contribution in [2.24, 2.45) is 0 Å². The summed E-state index contributed by atoms with van der Waals surface area (Å²) in [5.74, 6) is -0.196. The van der Waals surface area contributed by atoms with Gasteiger partial charge in [0.2, 0.25) is 0 Å². The van der Waals surface area contributed by atoms with Gasteiger partial charge in [0.05, 0.1) is 0 Å². The summed E-state index contributed by atoms with van der Waals surface area (Å²) in [6, 6.07) is 27.3. The van der Waals surface area contributed by atoms with Crippen molar-refractivity contribution in [3.05, 3.63) is 102 Å². The number of fused-ring (bicyclic) bond motifs is 1. The molecule has 0 fully saturated rings. The number of aromatic carboxylic acids is 1. The number of carbonyl (C=O) groups is 1. The molecule has 4 aromatic rings. The summed E-state index contributed by atoms with van der Waals surface area (Å²) in [7, 11) is 0. The molecule has 0 aliphatic rings. The van der Waals surface area contributed by atoms with Gasteiger partial charge in [0, 0.05) is 30.0 Å². The van der Waals surface area contributed by atoms with E-state index in [0.29, 0.717) is 13.1 Å². The van der Waals surface area contributed by atoms with Gasteiger partial charge >= 0.3 is 5.97 Å². The summed E-state index contributed by atoms with van der Waals surface area (Å²) in [5.41, 5.74) is 3.35. The monoisotopic (exact) mass is 458 g/mol. The van der Waals surface area contributed by atoms with E-state index in [1.165, 1.54) is 0 Å². The van der Waals surface area contributed by atoms with Gasteiger partial charge in [0.15, 0.2) is 0 Å². The minimum absolute atomic E-state index is 0.133. The van der Waals surface area contributed by atoms with Crippen molar-refractivity contribution in [1.82, 2.24) is 9.88 Å². The molecule has 1 aromatic heterocycles.